The number of hydrogen-bond donors (Lipinski definition) is 1. The summed E-state index contributed by atoms with van der Waals surface area (Å²) in [6, 6.07) is 12.9. The van der Waals surface area contributed by atoms with Gasteiger partial charge in [-0.1, -0.05) is 6.07 Å². The van der Waals surface area contributed by atoms with E-state index in [1.807, 2.05) is 29.2 Å². The third-order valence-electron chi connectivity index (χ3n) is 7.11. The van der Waals surface area contributed by atoms with Crippen LogP contribution in [0.5, 0.6) is 0 Å². The summed E-state index contributed by atoms with van der Waals surface area (Å²) in [4.78, 5) is 0. The lowest BCUT2D eigenvalue weighted by Gasteiger charge is -2.22. The van der Waals surface area contributed by atoms with Crippen LogP contribution in [-0.2, 0) is 15.6 Å². The van der Waals surface area contributed by atoms with Crippen molar-refractivity contribution in [2.45, 2.75) is 24.6 Å². The number of halogens is 2. The maximum atomic E-state index is 14.7. The topological polar surface area (TPSA) is 81.3 Å². The van der Waals surface area contributed by atoms with Gasteiger partial charge in [0.1, 0.15) is 11.6 Å². The fraction of sp³-hybridized carbons (Fsp3) is 0.241. The number of nitrogens with zero attached hydrogens (tertiary/aromatic N) is 4. The molecule has 3 aromatic heterocycles. The molecule has 5 aromatic rings. The van der Waals surface area contributed by atoms with Crippen LogP contribution in [0.3, 0.4) is 0 Å². The van der Waals surface area contributed by atoms with Crippen molar-refractivity contribution in [1.82, 2.24) is 24.7 Å². The van der Waals surface area contributed by atoms with Crippen LogP contribution in [0.2, 0.25) is 0 Å². The Morgan fingerprint density at radius 3 is 2.38 bits per heavy atom. The van der Waals surface area contributed by atoms with Crippen LogP contribution in [0.15, 0.2) is 73.3 Å². The quantitative estimate of drug-likeness (QED) is 0.313. The van der Waals surface area contributed by atoms with Crippen LogP contribution in [0.4, 0.5) is 8.78 Å². The fourth-order valence-electron chi connectivity index (χ4n) is 5.25. The maximum absolute atomic E-state index is 14.7. The molecule has 1 aliphatic rings. The summed E-state index contributed by atoms with van der Waals surface area (Å²) in [7, 11) is -3.35. The molecule has 0 unspecified atom stereocenters. The third kappa shape index (κ3) is 5.35. The summed E-state index contributed by atoms with van der Waals surface area (Å²) in [5, 5.41) is 12.5. The first-order valence-electron chi connectivity index (χ1n) is 12.7. The SMILES string of the molecule is CS(=O)(=O)Cc1cc(-c2ccc(F)cc2F)cc(-c2cnn3cc(-c4cnn(C5CCNCC5)c4)ccc23)c1. The fourth-order valence-corrected chi connectivity index (χ4v) is 6.02. The molecule has 0 saturated carbocycles. The molecular formula is C29H27F2N5O2S. The number of hydrogen-bond acceptors (Lipinski definition) is 5. The molecule has 0 amide bonds. The predicted molar refractivity (Wildman–Crippen MR) is 147 cm³/mol. The second-order valence-corrected chi connectivity index (χ2v) is 12.2. The highest BCUT2D eigenvalue weighted by molar-refractivity contribution is 7.89. The summed E-state index contributed by atoms with van der Waals surface area (Å²) in [5.41, 5.74) is 5.40. The number of aromatic nitrogens is 4. The zero-order valence-corrected chi connectivity index (χ0v) is 22.1. The molecule has 7 nitrogen and oxygen atoms in total. The lowest BCUT2D eigenvalue weighted by Crippen LogP contribution is -2.29. The summed E-state index contributed by atoms with van der Waals surface area (Å²) in [6.07, 6.45) is 10.8. The number of piperidine rings is 1. The predicted octanol–water partition coefficient (Wildman–Crippen LogP) is 5.28. The van der Waals surface area contributed by atoms with Crippen LogP contribution in [0.1, 0.15) is 24.4 Å². The molecule has 0 bridgehead atoms. The Morgan fingerprint density at radius 1 is 0.872 bits per heavy atom. The number of nitrogens with one attached hydrogen (secondary N) is 1. The van der Waals surface area contributed by atoms with Gasteiger partial charge in [-0.15, -0.1) is 0 Å². The minimum absolute atomic E-state index is 0.192. The van der Waals surface area contributed by atoms with Gasteiger partial charge in [-0.2, -0.15) is 10.2 Å². The van der Waals surface area contributed by atoms with Crippen LogP contribution in [0.25, 0.3) is 38.9 Å². The minimum atomic E-state index is -3.35. The van der Waals surface area contributed by atoms with Gasteiger partial charge >= 0.3 is 0 Å². The van der Waals surface area contributed by atoms with E-state index in [1.165, 1.54) is 12.1 Å². The Balaban J connectivity index is 1.39. The van der Waals surface area contributed by atoms with E-state index < -0.39 is 21.5 Å². The second kappa shape index (κ2) is 10.0. The van der Waals surface area contributed by atoms with E-state index in [4.69, 9.17) is 0 Å². The van der Waals surface area contributed by atoms with Crippen molar-refractivity contribution < 1.29 is 17.2 Å². The molecule has 1 saturated heterocycles. The van der Waals surface area contributed by atoms with Gasteiger partial charge in [0.2, 0.25) is 0 Å². The van der Waals surface area contributed by atoms with Crippen molar-refractivity contribution in [2.24, 2.45) is 0 Å². The number of sulfone groups is 1. The van der Waals surface area contributed by atoms with Gasteiger partial charge in [0.25, 0.3) is 0 Å². The highest BCUT2D eigenvalue weighted by Gasteiger charge is 2.18. The van der Waals surface area contributed by atoms with Crippen molar-refractivity contribution >= 4 is 15.4 Å². The summed E-state index contributed by atoms with van der Waals surface area (Å²) >= 11 is 0. The van der Waals surface area contributed by atoms with Gasteiger partial charge < -0.3 is 5.32 Å². The van der Waals surface area contributed by atoms with E-state index in [9.17, 15) is 17.2 Å². The molecule has 10 heteroatoms. The highest BCUT2D eigenvalue weighted by atomic mass is 32.2. The molecular weight excluding hydrogens is 520 g/mol. The zero-order valence-electron chi connectivity index (χ0n) is 21.3. The molecule has 6 rings (SSSR count). The molecule has 1 fully saturated rings. The lowest BCUT2D eigenvalue weighted by molar-refractivity contribution is 0.343. The Labute approximate surface area is 225 Å². The molecule has 0 atom stereocenters. The van der Waals surface area contributed by atoms with Crippen molar-refractivity contribution in [3.63, 3.8) is 0 Å². The molecule has 0 aliphatic carbocycles. The van der Waals surface area contributed by atoms with Crippen molar-refractivity contribution in [2.75, 3.05) is 19.3 Å². The molecule has 2 aromatic carbocycles. The Kier molecular flexibility index (Phi) is 6.52. The number of fused-ring (bicyclic) bond motifs is 1. The van der Waals surface area contributed by atoms with Crippen LogP contribution >= 0.6 is 0 Å². The average molecular weight is 548 g/mol. The standard InChI is InChI=1S/C29H27F2N5O2S/c1-39(37,38)18-19-10-21(26-4-3-24(30)13-28(26)31)12-22(11-19)27-15-34-36-16-20(2-5-29(27)36)23-14-33-35(17-23)25-6-8-32-9-7-25/h2-5,10-17,25,32H,6-9,18H2,1H3. The van der Waals surface area contributed by atoms with Crippen LogP contribution in [0, 0.1) is 11.6 Å². The molecule has 200 valence electrons. The van der Waals surface area contributed by atoms with Gasteiger partial charge in [-0.3, -0.25) is 4.68 Å². The number of benzene rings is 2. The molecule has 4 heterocycles. The smallest absolute Gasteiger partial charge is 0.151 e. The second-order valence-electron chi connectivity index (χ2n) is 10.1. The van der Waals surface area contributed by atoms with Gasteiger partial charge in [0, 0.05) is 47.0 Å². The van der Waals surface area contributed by atoms with Crippen LogP contribution < -0.4 is 5.32 Å². The van der Waals surface area contributed by atoms with Crippen LogP contribution in [-0.4, -0.2) is 47.2 Å². The summed E-state index contributed by atoms with van der Waals surface area (Å²) in [5.74, 6) is -1.60. The van der Waals surface area contributed by atoms with Gasteiger partial charge in [0.15, 0.2) is 9.84 Å². The molecule has 1 N–H and O–H groups in total. The van der Waals surface area contributed by atoms with Crippen molar-refractivity contribution in [3.8, 4) is 33.4 Å². The van der Waals surface area contributed by atoms with E-state index in [0.29, 0.717) is 22.7 Å². The third-order valence-corrected chi connectivity index (χ3v) is 7.97. The summed E-state index contributed by atoms with van der Waals surface area (Å²) in [6.45, 7) is 1.98. The monoisotopic (exact) mass is 547 g/mol. The average Bonchev–Trinajstić information content (AvgIpc) is 3.55. The van der Waals surface area contributed by atoms with E-state index in [-0.39, 0.29) is 11.3 Å². The normalized spacial score (nSPS) is 14.7. The Bertz CT molecular complexity index is 1790. The molecule has 0 radical (unpaired) electrons. The highest BCUT2D eigenvalue weighted by Crippen LogP contribution is 2.34. The van der Waals surface area contributed by atoms with E-state index in [2.05, 4.69) is 21.7 Å². The van der Waals surface area contributed by atoms with Crippen molar-refractivity contribution in [1.29, 1.82) is 0 Å². The van der Waals surface area contributed by atoms with Crippen molar-refractivity contribution in [3.05, 3.63) is 90.5 Å². The van der Waals surface area contributed by atoms with E-state index in [1.54, 1.807) is 28.9 Å². The van der Waals surface area contributed by atoms with Gasteiger partial charge in [-0.25, -0.2) is 21.7 Å². The maximum Gasteiger partial charge on any atom is 0.151 e. The first-order chi connectivity index (χ1) is 18.7. The minimum Gasteiger partial charge on any atom is -0.317 e. The number of pyridine rings is 1. The molecule has 1 aliphatic heterocycles. The number of rotatable bonds is 6. The first-order valence-corrected chi connectivity index (χ1v) is 14.8. The Hall–Kier alpha value is -3.89. The van der Waals surface area contributed by atoms with Gasteiger partial charge in [-0.05, 0) is 79.0 Å². The first kappa shape index (κ1) is 25.4. The van der Waals surface area contributed by atoms with E-state index >= 15 is 0 Å². The molecule has 0 spiro atoms. The van der Waals surface area contributed by atoms with E-state index in [0.717, 1.165) is 60.5 Å². The summed E-state index contributed by atoms with van der Waals surface area (Å²) < 4.78 is 56.2. The van der Waals surface area contributed by atoms with Gasteiger partial charge in [0.05, 0.1) is 29.7 Å². The zero-order chi connectivity index (χ0) is 27.1. The Morgan fingerprint density at radius 2 is 1.64 bits per heavy atom. The largest absolute Gasteiger partial charge is 0.317 e. The molecule has 39 heavy (non-hydrogen) atoms. The lowest BCUT2D eigenvalue weighted by atomic mass is 9.96.